The predicted octanol–water partition coefficient (Wildman–Crippen LogP) is 2.43. The zero-order valence-corrected chi connectivity index (χ0v) is 10.3. The summed E-state index contributed by atoms with van der Waals surface area (Å²) in [5.41, 5.74) is 1.44. The minimum atomic E-state index is 0.550. The molecule has 2 rings (SSSR count). The van der Waals surface area contributed by atoms with Crippen molar-refractivity contribution in [1.82, 2.24) is 10.2 Å². The average molecular weight is 218 g/mol. The number of likely N-dealkylation sites (N-methyl/N-ethyl adjacent to an activating group) is 1. The second-order valence-corrected chi connectivity index (χ2v) is 4.53. The molecule has 88 valence electrons. The van der Waals surface area contributed by atoms with Gasteiger partial charge in [0.2, 0.25) is 0 Å². The molecule has 1 aromatic rings. The molecule has 2 heteroatoms. The van der Waals surface area contributed by atoms with E-state index in [9.17, 15) is 0 Å². The smallest absolute Gasteiger partial charge is 0.0473 e. The van der Waals surface area contributed by atoms with Gasteiger partial charge in [0.25, 0.3) is 0 Å². The maximum atomic E-state index is 3.64. The topological polar surface area (TPSA) is 15.3 Å². The summed E-state index contributed by atoms with van der Waals surface area (Å²) >= 11 is 0. The van der Waals surface area contributed by atoms with Gasteiger partial charge >= 0.3 is 0 Å². The minimum Gasteiger partial charge on any atom is -0.311 e. The highest BCUT2D eigenvalue weighted by atomic mass is 15.2. The van der Waals surface area contributed by atoms with E-state index in [2.05, 4.69) is 54.4 Å². The molecule has 1 heterocycles. The molecule has 1 aliphatic rings. The van der Waals surface area contributed by atoms with Gasteiger partial charge in [-0.3, -0.25) is 4.90 Å². The van der Waals surface area contributed by atoms with Gasteiger partial charge in [-0.15, -0.1) is 0 Å². The largest absolute Gasteiger partial charge is 0.311 e. The summed E-state index contributed by atoms with van der Waals surface area (Å²) in [6, 6.07) is 12.0. The standard InChI is InChI=1S/C14H22N2/c1-3-13-11-16(4-2)14(10-15-13)12-8-6-5-7-9-12/h5-9,13-15H,3-4,10-11H2,1-2H3. The van der Waals surface area contributed by atoms with E-state index in [1.165, 1.54) is 18.5 Å². The highest BCUT2D eigenvalue weighted by molar-refractivity contribution is 5.20. The van der Waals surface area contributed by atoms with Crippen LogP contribution in [0, 0.1) is 0 Å². The fraction of sp³-hybridized carbons (Fsp3) is 0.571. The zero-order valence-electron chi connectivity index (χ0n) is 10.3. The van der Waals surface area contributed by atoms with E-state index in [4.69, 9.17) is 0 Å². The van der Waals surface area contributed by atoms with E-state index in [1.54, 1.807) is 0 Å². The highest BCUT2D eigenvalue weighted by Crippen LogP contribution is 2.23. The lowest BCUT2D eigenvalue weighted by molar-refractivity contribution is 0.135. The SMILES string of the molecule is CCC1CN(CC)C(c2ccccc2)CN1. The summed E-state index contributed by atoms with van der Waals surface area (Å²) in [5, 5.41) is 3.64. The Balaban J connectivity index is 2.10. The molecule has 2 nitrogen and oxygen atoms in total. The van der Waals surface area contributed by atoms with Crippen LogP contribution < -0.4 is 5.32 Å². The van der Waals surface area contributed by atoms with E-state index in [-0.39, 0.29) is 0 Å². The lowest BCUT2D eigenvalue weighted by Gasteiger charge is -2.40. The van der Waals surface area contributed by atoms with Crippen molar-refractivity contribution in [3.8, 4) is 0 Å². The summed E-state index contributed by atoms with van der Waals surface area (Å²) in [6.45, 7) is 7.91. The molecule has 0 spiro atoms. The van der Waals surface area contributed by atoms with Gasteiger partial charge < -0.3 is 5.32 Å². The van der Waals surface area contributed by atoms with Crippen LogP contribution in [0.5, 0.6) is 0 Å². The van der Waals surface area contributed by atoms with Crippen molar-refractivity contribution in [2.45, 2.75) is 32.4 Å². The molecule has 0 saturated carbocycles. The van der Waals surface area contributed by atoms with E-state index in [0.717, 1.165) is 13.1 Å². The summed E-state index contributed by atoms with van der Waals surface area (Å²) in [7, 11) is 0. The zero-order chi connectivity index (χ0) is 11.4. The Morgan fingerprint density at radius 1 is 1.25 bits per heavy atom. The van der Waals surface area contributed by atoms with Crippen LogP contribution in [0.2, 0.25) is 0 Å². The third-order valence-corrected chi connectivity index (χ3v) is 3.58. The summed E-state index contributed by atoms with van der Waals surface area (Å²) in [5.74, 6) is 0. The summed E-state index contributed by atoms with van der Waals surface area (Å²) in [4.78, 5) is 2.58. The molecule has 2 unspecified atom stereocenters. The number of rotatable bonds is 3. The van der Waals surface area contributed by atoms with Gasteiger partial charge in [0.05, 0.1) is 0 Å². The quantitative estimate of drug-likeness (QED) is 0.838. The first-order valence-electron chi connectivity index (χ1n) is 6.37. The number of hydrogen-bond donors (Lipinski definition) is 1. The molecule has 0 radical (unpaired) electrons. The van der Waals surface area contributed by atoms with E-state index in [1.807, 2.05) is 0 Å². The number of nitrogens with zero attached hydrogens (tertiary/aromatic N) is 1. The third-order valence-electron chi connectivity index (χ3n) is 3.58. The van der Waals surface area contributed by atoms with Crippen molar-refractivity contribution in [2.75, 3.05) is 19.6 Å². The van der Waals surface area contributed by atoms with Crippen molar-refractivity contribution < 1.29 is 0 Å². The Hall–Kier alpha value is -0.860. The Kier molecular flexibility index (Phi) is 3.97. The highest BCUT2D eigenvalue weighted by Gasteiger charge is 2.26. The minimum absolute atomic E-state index is 0.550. The summed E-state index contributed by atoms with van der Waals surface area (Å²) in [6.07, 6.45) is 1.22. The molecule has 0 bridgehead atoms. The lowest BCUT2D eigenvalue weighted by Crippen LogP contribution is -2.51. The Labute approximate surface area is 98.7 Å². The van der Waals surface area contributed by atoms with Crippen LogP contribution in [-0.4, -0.2) is 30.6 Å². The second kappa shape index (κ2) is 5.46. The number of hydrogen-bond acceptors (Lipinski definition) is 2. The molecule has 1 fully saturated rings. The number of benzene rings is 1. The van der Waals surface area contributed by atoms with Gasteiger partial charge in [-0.25, -0.2) is 0 Å². The Bertz CT molecular complexity index is 310. The van der Waals surface area contributed by atoms with Crippen LogP contribution in [0.25, 0.3) is 0 Å². The number of piperazine rings is 1. The first-order chi connectivity index (χ1) is 7.85. The van der Waals surface area contributed by atoms with Gasteiger partial charge in [0, 0.05) is 25.2 Å². The van der Waals surface area contributed by atoms with Crippen molar-refractivity contribution >= 4 is 0 Å². The summed E-state index contributed by atoms with van der Waals surface area (Å²) < 4.78 is 0. The third kappa shape index (κ3) is 2.45. The van der Waals surface area contributed by atoms with E-state index < -0.39 is 0 Å². The molecule has 1 aliphatic heterocycles. The molecular formula is C14H22N2. The average Bonchev–Trinajstić information content (AvgIpc) is 2.39. The van der Waals surface area contributed by atoms with Crippen molar-refractivity contribution in [3.05, 3.63) is 35.9 Å². The normalized spacial score (nSPS) is 26.9. The van der Waals surface area contributed by atoms with Crippen molar-refractivity contribution in [1.29, 1.82) is 0 Å². The van der Waals surface area contributed by atoms with Gasteiger partial charge in [0.15, 0.2) is 0 Å². The van der Waals surface area contributed by atoms with Crippen LogP contribution in [0.1, 0.15) is 31.9 Å². The van der Waals surface area contributed by atoms with Gasteiger partial charge in [-0.05, 0) is 18.5 Å². The molecular weight excluding hydrogens is 196 g/mol. The predicted molar refractivity (Wildman–Crippen MR) is 68.5 cm³/mol. The Morgan fingerprint density at radius 2 is 2.00 bits per heavy atom. The maximum Gasteiger partial charge on any atom is 0.0473 e. The first kappa shape index (κ1) is 11.6. The second-order valence-electron chi connectivity index (χ2n) is 4.53. The van der Waals surface area contributed by atoms with Crippen LogP contribution >= 0.6 is 0 Å². The van der Waals surface area contributed by atoms with Crippen LogP contribution in [-0.2, 0) is 0 Å². The molecule has 1 N–H and O–H groups in total. The molecule has 1 saturated heterocycles. The molecule has 1 aromatic carbocycles. The lowest BCUT2D eigenvalue weighted by atomic mass is 10.0. The molecule has 0 amide bonds. The molecule has 16 heavy (non-hydrogen) atoms. The van der Waals surface area contributed by atoms with Gasteiger partial charge in [-0.2, -0.15) is 0 Å². The van der Waals surface area contributed by atoms with Crippen molar-refractivity contribution in [3.63, 3.8) is 0 Å². The van der Waals surface area contributed by atoms with Gasteiger partial charge in [-0.1, -0.05) is 44.2 Å². The molecule has 2 atom stereocenters. The fourth-order valence-electron chi connectivity index (χ4n) is 2.51. The van der Waals surface area contributed by atoms with Crippen LogP contribution in [0.3, 0.4) is 0 Å². The number of nitrogens with one attached hydrogen (secondary N) is 1. The van der Waals surface area contributed by atoms with Crippen LogP contribution in [0.4, 0.5) is 0 Å². The van der Waals surface area contributed by atoms with Crippen molar-refractivity contribution in [2.24, 2.45) is 0 Å². The Morgan fingerprint density at radius 3 is 2.62 bits per heavy atom. The van der Waals surface area contributed by atoms with E-state index >= 15 is 0 Å². The monoisotopic (exact) mass is 218 g/mol. The van der Waals surface area contributed by atoms with E-state index in [0.29, 0.717) is 12.1 Å². The van der Waals surface area contributed by atoms with Crippen LogP contribution in [0.15, 0.2) is 30.3 Å². The molecule has 0 aliphatic carbocycles. The fourth-order valence-corrected chi connectivity index (χ4v) is 2.51. The molecule has 0 aromatic heterocycles. The maximum absolute atomic E-state index is 3.64. The first-order valence-corrected chi connectivity index (χ1v) is 6.37. The van der Waals surface area contributed by atoms with Gasteiger partial charge in [0.1, 0.15) is 0 Å².